The van der Waals surface area contributed by atoms with Gasteiger partial charge in [0.15, 0.2) is 0 Å². The minimum absolute atomic E-state index is 0.0200. The van der Waals surface area contributed by atoms with Crippen LogP contribution in [0.4, 0.5) is 0 Å². The van der Waals surface area contributed by atoms with Crippen molar-refractivity contribution < 1.29 is 24.5 Å². The molecule has 6 heteroatoms. The molecule has 0 aliphatic carbocycles. The summed E-state index contributed by atoms with van der Waals surface area (Å²) < 4.78 is 5.51. The number of aliphatic hydroxyl groups excluding tert-OH is 2. The first-order valence-electron chi connectivity index (χ1n) is 38.9. The predicted molar refractivity (Wildman–Crippen MR) is 370 cm³/mol. The van der Waals surface area contributed by atoms with Crippen molar-refractivity contribution in [3.63, 3.8) is 0 Å². The van der Waals surface area contributed by atoms with Gasteiger partial charge in [0.25, 0.3) is 0 Å². The Kier molecular flexibility index (Phi) is 72.8. The van der Waals surface area contributed by atoms with E-state index in [4.69, 9.17) is 4.74 Å². The molecule has 0 aliphatic heterocycles. The number of esters is 1. The zero-order valence-corrected chi connectivity index (χ0v) is 57.4. The number of hydrogen-bond acceptors (Lipinski definition) is 5. The summed E-state index contributed by atoms with van der Waals surface area (Å²) in [5, 5.41) is 23.4. The molecule has 0 saturated heterocycles. The fraction of sp³-hybridized carbons (Fsp3) is 0.949. The average Bonchev–Trinajstić information content (AvgIpc) is 3.50. The van der Waals surface area contributed by atoms with E-state index in [1.807, 2.05) is 0 Å². The summed E-state index contributed by atoms with van der Waals surface area (Å²) in [7, 11) is 0. The number of carbonyl (C=O) groups excluding carboxylic acids is 2. The van der Waals surface area contributed by atoms with Crippen molar-refractivity contribution in [1.29, 1.82) is 0 Å². The molecule has 0 heterocycles. The van der Waals surface area contributed by atoms with E-state index >= 15 is 0 Å². The Morgan fingerprint density at radius 1 is 0.321 bits per heavy atom. The van der Waals surface area contributed by atoms with E-state index < -0.39 is 12.1 Å². The van der Waals surface area contributed by atoms with Crippen molar-refractivity contribution in [2.75, 3.05) is 13.2 Å². The number of hydrogen-bond donors (Lipinski definition) is 3. The molecule has 0 bridgehead atoms. The molecule has 84 heavy (non-hydrogen) atoms. The lowest BCUT2D eigenvalue weighted by molar-refractivity contribution is -0.143. The lowest BCUT2D eigenvalue weighted by Gasteiger charge is -2.22. The number of ether oxygens (including phenoxy) is 1. The molecular weight excluding hydrogens is 1030 g/mol. The zero-order chi connectivity index (χ0) is 60.6. The molecule has 0 rings (SSSR count). The van der Waals surface area contributed by atoms with E-state index in [1.54, 1.807) is 0 Å². The van der Waals surface area contributed by atoms with Crippen molar-refractivity contribution in [2.24, 2.45) is 0 Å². The minimum Gasteiger partial charge on any atom is -0.466 e. The first-order valence-corrected chi connectivity index (χ1v) is 38.9. The fourth-order valence-corrected chi connectivity index (χ4v) is 12.6. The number of nitrogens with one attached hydrogen (secondary N) is 1. The zero-order valence-electron chi connectivity index (χ0n) is 57.4. The monoisotopic (exact) mass is 1180 g/mol. The first-order chi connectivity index (χ1) is 41.5. The number of carbonyl (C=O) groups is 2. The van der Waals surface area contributed by atoms with Crippen molar-refractivity contribution in [1.82, 2.24) is 5.32 Å². The van der Waals surface area contributed by atoms with E-state index in [1.165, 1.54) is 379 Å². The summed E-state index contributed by atoms with van der Waals surface area (Å²) in [4.78, 5) is 24.6. The van der Waals surface area contributed by atoms with Gasteiger partial charge >= 0.3 is 5.97 Å². The van der Waals surface area contributed by atoms with Crippen LogP contribution in [0.25, 0.3) is 0 Å². The Bertz CT molecular complexity index is 1270. The van der Waals surface area contributed by atoms with E-state index in [0.29, 0.717) is 25.9 Å². The first kappa shape index (κ1) is 82.6. The van der Waals surface area contributed by atoms with Crippen LogP contribution in [0.1, 0.15) is 450 Å². The highest BCUT2D eigenvalue weighted by atomic mass is 16.5. The fourth-order valence-electron chi connectivity index (χ4n) is 12.6. The molecule has 0 aromatic rings. The maximum atomic E-state index is 12.5. The standard InChI is InChI=1S/C78H153NO5/c1-3-5-7-9-11-13-15-17-19-21-40-44-48-52-56-60-64-68-72-78(83)84-73-69-65-61-57-53-49-45-41-38-36-34-32-30-28-26-24-22-23-25-27-29-31-33-35-37-39-43-47-51-55-59-63-67-71-77(82)79-75(74-80)76(81)70-66-62-58-54-50-46-42-20-18-16-14-12-10-8-6-4-2/h19,21,75-76,80-81H,3-18,20,22-74H2,1-2H3,(H,79,82)/b21-19-. The maximum absolute atomic E-state index is 12.5. The van der Waals surface area contributed by atoms with E-state index in [2.05, 4.69) is 31.3 Å². The summed E-state index contributed by atoms with van der Waals surface area (Å²) in [6.45, 7) is 5.00. The van der Waals surface area contributed by atoms with Gasteiger partial charge in [-0.3, -0.25) is 9.59 Å². The second-order valence-corrected chi connectivity index (χ2v) is 27.0. The van der Waals surface area contributed by atoms with Crippen LogP contribution in [0.5, 0.6) is 0 Å². The highest BCUT2D eigenvalue weighted by Crippen LogP contribution is 2.20. The van der Waals surface area contributed by atoms with Crippen LogP contribution in [0.2, 0.25) is 0 Å². The van der Waals surface area contributed by atoms with Crippen LogP contribution in [0.15, 0.2) is 12.2 Å². The Hall–Kier alpha value is -1.40. The van der Waals surface area contributed by atoms with Crippen LogP contribution in [0.3, 0.4) is 0 Å². The Morgan fingerprint density at radius 2 is 0.560 bits per heavy atom. The molecule has 500 valence electrons. The number of rotatable bonds is 74. The number of allylic oxidation sites excluding steroid dienone is 2. The van der Waals surface area contributed by atoms with Crippen LogP contribution in [0, 0.1) is 0 Å². The Labute approximate surface area is 527 Å². The lowest BCUT2D eigenvalue weighted by atomic mass is 10.0. The molecule has 1 amide bonds. The highest BCUT2D eigenvalue weighted by molar-refractivity contribution is 5.76. The third-order valence-corrected chi connectivity index (χ3v) is 18.6. The van der Waals surface area contributed by atoms with Crippen molar-refractivity contribution in [2.45, 2.75) is 463 Å². The van der Waals surface area contributed by atoms with Crippen LogP contribution in [-0.4, -0.2) is 47.4 Å². The predicted octanol–water partition coefficient (Wildman–Crippen LogP) is 25.5. The molecule has 6 nitrogen and oxygen atoms in total. The number of unbranched alkanes of at least 4 members (excludes halogenated alkanes) is 61. The molecule has 0 aliphatic rings. The van der Waals surface area contributed by atoms with Gasteiger partial charge in [-0.15, -0.1) is 0 Å². The van der Waals surface area contributed by atoms with Gasteiger partial charge < -0.3 is 20.3 Å². The molecule has 0 fully saturated rings. The number of amides is 1. The highest BCUT2D eigenvalue weighted by Gasteiger charge is 2.20. The quantitative estimate of drug-likeness (QED) is 0.0320. The third kappa shape index (κ3) is 69.7. The number of aliphatic hydroxyl groups is 2. The van der Waals surface area contributed by atoms with Crippen molar-refractivity contribution >= 4 is 11.9 Å². The molecule has 0 spiro atoms. The van der Waals surface area contributed by atoms with Crippen LogP contribution >= 0.6 is 0 Å². The topological polar surface area (TPSA) is 95.9 Å². The van der Waals surface area contributed by atoms with Crippen LogP contribution < -0.4 is 5.32 Å². The molecule has 2 unspecified atom stereocenters. The SMILES string of the molecule is CCCCCCCCC/C=C\CCCCCCCCCC(=O)OCCCCCCCCCCCCCCCCCCCCCCCCCCCCCCCCCCCC(=O)NC(CO)C(O)CCCCCCCCCCCCCCCCCC. The summed E-state index contributed by atoms with van der Waals surface area (Å²) in [5.41, 5.74) is 0. The van der Waals surface area contributed by atoms with Gasteiger partial charge in [0.1, 0.15) is 0 Å². The second-order valence-electron chi connectivity index (χ2n) is 27.0. The van der Waals surface area contributed by atoms with E-state index in [0.717, 1.165) is 38.5 Å². The van der Waals surface area contributed by atoms with Crippen molar-refractivity contribution in [3.05, 3.63) is 12.2 Å². The smallest absolute Gasteiger partial charge is 0.305 e. The summed E-state index contributed by atoms with van der Waals surface area (Å²) in [6, 6.07) is -0.537. The normalized spacial score (nSPS) is 12.5. The lowest BCUT2D eigenvalue weighted by Crippen LogP contribution is -2.45. The summed E-state index contributed by atoms with van der Waals surface area (Å²) in [5.74, 6) is -0.00596. The maximum Gasteiger partial charge on any atom is 0.305 e. The largest absolute Gasteiger partial charge is 0.466 e. The molecule has 3 N–H and O–H groups in total. The molecule has 0 radical (unpaired) electrons. The van der Waals surface area contributed by atoms with Gasteiger partial charge in [-0.25, -0.2) is 0 Å². The average molecular weight is 1190 g/mol. The third-order valence-electron chi connectivity index (χ3n) is 18.6. The Balaban J connectivity index is 3.30. The van der Waals surface area contributed by atoms with E-state index in [-0.39, 0.29) is 18.5 Å². The molecule has 0 saturated carbocycles. The van der Waals surface area contributed by atoms with Gasteiger partial charge in [0.05, 0.1) is 25.4 Å². The second kappa shape index (κ2) is 74.1. The molecule has 2 atom stereocenters. The van der Waals surface area contributed by atoms with E-state index in [9.17, 15) is 19.8 Å². The molecule has 0 aromatic heterocycles. The van der Waals surface area contributed by atoms with Gasteiger partial charge in [0, 0.05) is 12.8 Å². The molecular formula is C78H153NO5. The molecule has 0 aromatic carbocycles. The van der Waals surface area contributed by atoms with Crippen LogP contribution in [-0.2, 0) is 14.3 Å². The van der Waals surface area contributed by atoms with Crippen molar-refractivity contribution in [3.8, 4) is 0 Å². The van der Waals surface area contributed by atoms with Gasteiger partial charge in [-0.2, -0.15) is 0 Å². The Morgan fingerprint density at radius 3 is 0.845 bits per heavy atom. The minimum atomic E-state index is -0.660. The van der Waals surface area contributed by atoms with Gasteiger partial charge in [0.2, 0.25) is 5.91 Å². The summed E-state index contributed by atoms with van der Waals surface area (Å²) in [6.07, 6.45) is 93.0. The van der Waals surface area contributed by atoms with Gasteiger partial charge in [-0.1, -0.05) is 398 Å². The summed E-state index contributed by atoms with van der Waals surface area (Å²) >= 11 is 0. The van der Waals surface area contributed by atoms with Gasteiger partial charge in [-0.05, 0) is 51.4 Å².